The summed E-state index contributed by atoms with van der Waals surface area (Å²) in [7, 11) is 0. The Morgan fingerprint density at radius 1 is 1.43 bits per heavy atom. The quantitative estimate of drug-likeness (QED) is 0.754. The molecule has 0 aromatic heterocycles. The van der Waals surface area contributed by atoms with Gasteiger partial charge >= 0.3 is 0 Å². The van der Waals surface area contributed by atoms with Gasteiger partial charge in [-0.15, -0.1) is 12.6 Å². The van der Waals surface area contributed by atoms with Crippen molar-refractivity contribution < 1.29 is 9.13 Å². The molecule has 78 valence electrons. The summed E-state index contributed by atoms with van der Waals surface area (Å²) in [4.78, 5) is 0.676. The number of hydrogen-bond donors (Lipinski definition) is 1. The van der Waals surface area contributed by atoms with Crippen LogP contribution in [0.1, 0.15) is 20.3 Å². The Morgan fingerprint density at radius 3 is 2.79 bits per heavy atom. The van der Waals surface area contributed by atoms with Crippen LogP contribution < -0.4 is 4.74 Å². The average molecular weight is 214 g/mol. The Hall–Kier alpha value is -0.700. The van der Waals surface area contributed by atoms with Crippen LogP contribution in [0.5, 0.6) is 5.75 Å². The van der Waals surface area contributed by atoms with Crippen molar-refractivity contribution in [3.05, 3.63) is 24.0 Å². The van der Waals surface area contributed by atoms with Gasteiger partial charge < -0.3 is 4.74 Å². The van der Waals surface area contributed by atoms with Gasteiger partial charge in [0.15, 0.2) is 0 Å². The zero-order valence-electron chi connectivity index (χ0n) is 8.46. The molecule has 0 aliphatic heterocycles. The molecule has 14 heavy (non-hydrogen) atoms. The van der Waals surface area contributed by atoms with E-state index in [1.165, 1.54) is 12.1 Å². The first-order valence-electron chi connectivity index (χ1n) is 4.71. The van der Waals surface area contributed by atoms with Crippen molar-refractivity contribution in [3.8, 4) is 5.75 Å². The third-order valence-electron chi connectivity index (χ3n) is 1.87. The summed E-state index contributed by atoms with van der Waals surface area (Å²) < 4.78 is 18.2. The summed E-state index contributed by atoms with van der Waals surface area (Å²) in [6.45, 7) is 4.85. The molecule has 0 fully saturated rings. The Labute approximate surface area is 89.7 Å². The van der Waals surface area contributed by atoms with E-state index >= 15 is 0 Å². The lowest BCUT2D eigenvalue weighted by Gasteiger charge is -2.09. The third-order valence-corrected chi connectivity index (χ3v) is 2.24. The van der Waals surface area contributed by atoms with Gasteiger partial charge in [0.05, 0.1) is 6.61 Å². The summed E-state index contributed by atoms with van der Waals surface area (Å²) >= 11 is 4.18. The van der Waals surface area contributed by atoms with E-state index in [2.05, 4.69) is 26.5 Å². The first-order valence-corrected chi connectivity index (χ1v) is 5.15. The van der Waals surface area contributed by atoms with Gasteiger partial charge in [0.25, 0.3) is 0 Å². The Morgan fingerprint density at radius 2 is 2.14 bits per heavy atom. The first kappa shape index (κ1) is 11.4. The number of thiol groups is 1. The van der Waals surface area contributed by atoms with Crippen LogP contribution in [0.15, 0.2) is 23.1 Å². The smallest absolute Gasteiger partial charge is 0.135 e. The third kappa shape index (κ3) is 3.58. The molecule has 0 N–H and O–H groups in total. The number of benzene rings is 1. The molecule has 1 nitrogen and oxygen atoms in total. The van der Waals surface area contributed by atoms with E-state index in [0.717, 1.165) is 6.42 Å². The molecular formula is C11H15FOS. The van der Waals surface area contributed by atoms with E-state index in [4.69, 9.17) is 4.74 Å². The predicted molar refractivity (Wildman–Crippen MR) is 58.6 cm³/mol. The largest absolute Gasteiger partial charge is 0.492 e. The van der Waals surface area contributed by atoms with Crippen molar-refractivity contribution in [2.24, 2.45) is 5.92 Å². The molecule has 0 heterocycles. The Kier molecular flexibility index (Phi) is 4.26. The van der Waals surface area contributed by atoms with Crippen LogP contribution in [0.4, 0.5) is 4.39 Å². The molecule has 0 radical (unpaired) electrons. The highest BCUT2D eigenvalue weighted by molar-refractivity contribution is 7.80. The highest BCUT2D eigenvalue weighted by Gasteiger charge is 2.02. The summed E-state index contributed by atoms with van der Waals surface area (Å²) in [5.41, 5.74) is 0. The van der Waals surface area contributed by atoms with E-state index in [9.17, 15) is 4.39 Å². The van der Waals surface area contributed by atoms with Crippen LogP contribution in [0.25, 0.3) is 0 Å². The van der Waals surface area contributed by atoms with E-state index in [1.807, 2.05) is 0 Å². The van der Waals surface area contributed by atoms with Crippen LogP contribution in [-0.2, 0) is 0 Å². The normalized spacial score (nSPS) is 10.6. The lowest BCUT2D eigenvalue weighted by atomic mass is 10.1. The van der Waals surface area contributed by atoms with Gasteiger partial charge in [-0.3, -0.25) is 0 Å². The molecule has 1 rings (SSSR count). The standard InChI is InChI=1S/C11H15FOS/c1-8(2)5-6-13-10-7-9(12)3-4-11(10)14/h3-4,7-8,14H,5-6H2,1-2H3. The van der Waals surface area contributed by atoms with Crippen molar-refractivity contribution in [3.63, 3.8) is 0 Å². The van der Waals surface area contributed by atoms with Crippen LogP contribution in [0.3, 0.4) is 0 Å². The molecule has 0 unspecified atom stereocenters. The first-order chi connectivity index (χ1) is 6.59. The number of rotatable bonds is 4. The Bertz CT molecular complexity index is 299. The second-order valence-electron chi connectivity index (χ2n) is 3.64. The lowest BCUT2D eigenvalue weighted by molar-refractivity contribution is 0.282. The maximum Gasteiger partial charge on any atom is 0.135 e. The molecule has 0 aliphatic carbocycles. The maximum atomic E-state index is 12.8. The fourth-order valence-corrected chi connectivity index (χ4v) is 1.21. The molecular weight excluding hydrogens is 199 g/mol. The molecule has 1 aromatic carbocycles. The molecule has 0 bridgehead atoms. The van der Waals surface area contributed by atoms with E-state index in [1.54, 1.807) is 6.07 Å². The number of halogens is 1. The van der Waals surface area contributed by atoms with Crippen molar-refractivity contribution in [1.82, 2.24) is 0 Å². The van der Waals surface area contributed by atoms with Gasteiger partial charge in [-0.1, -0.05) is 13.8 Å². The molecule has 0 saturated carbocycles. The minimum Gasteiger partial charge on any atom is -0.492 e. The predicted octanol–water partition coefficient (Wildman–Crippen LogP) is 3.54. The maximum absolute atomic E-state index is 12.8. The van der Waals surface area contributed by atoms with Gasteiger partial charge in [-0.2, -0.15) is 0 Å². The van der Waals surface area contributed by atoms with Crippen molar-refractivity contribution >= 4 is 12.6 Å². The minimum absolute atomic E-state index is 0.289. The van der Waals surface area contributed by atoms with E-state index in [-0.39, 0.29) is 5.82 Å². The molecule has 0 aliphatic rings. The van der Waals surface area contributed by atoms with Crippen molar-refractivity contribution in [2.45, 2.75) is 25.2 Å². The van der Waals surface area contributed by atoms with Crippen molar-refractivity contribution in [1.29, 1.82) is 0 Å². The number of ether oxygens (including phenoxy) is 1. The number of hydrogen-bond acceptors (Lipinski definition) is 2. The second kappa shape index (κ2) is 5.25. The zero-order chi connectivity index (χ0) is 10.6. The van der Waals surface area contributed by atoms with E-state index in [0.29, 0.717) is 23.2 Å². The van der Waals surface area contributed by atoms with Crippen LogP contribution >= 0.6 is 12.6 Å². The highest BCUT2D eigenvalue weighted by Crippen LogP contribution is 2.23. The summed E-state index contributed by atoms with van der Waals surface area (Å²) in [5.74, 6) is 0.822. The minimum atomic E-state index is -0.289. The van der Waals surface area contributed by atoms with Gasteiger partial charge in [0.1, 0.15) is 11.6 Å². The van der Waals surface area contributed by atoms with Crippen molar-refractivity contribution in [2.75, 3.05) is 6.61 Å². The van der Waals surface area contributed by atoms with Gasteiger partial charge in [0, 0.05) is 11.0 Å². The average Bonchev–Trinajstić information content (AvgIpc) is 2.10. The molecule has 3 heteroatoms. The fourth-order valence-electron chi connectivity index (χ4n) is 1.01. The summed E-state index contributed by atoms with van der Waals surface area (Å²) in [5, 5.41) is 0. The topological polar surface area (TPSA) is 9.23 Å². The van der Waals surface area contributed by atoms with Gasteiger partial charge in [-0.05, 0) is 24.5 Å². The molecule has 0 saturated heterocycles. The van der Waals surface area contributed by atoms with Gasteiger partial charge in [-0.25, -0.2) is 4.39 Å². The highest BCUT2D eigenvalue weighted by atomic mass is 32.1. The summed E-state index contributed by atoms with van der Waals surface area (Å²) in [6, 6.07) is 4.34. The van der Waals surface area contributed by atoms with Crippen LogP contribution in [0.2, 0.25) is 0 Å². The molecule has 0 amide bonds. The fraction of sp³-hybridized carbons (Fsp3) is 0.455. The van der Waals surface area contributed by atoms with E-state index < -0.39 is 0 Å². The molecule has 0 spiro atoms. The van der Waals surface area contributed by atoms with Crippen LogP contribution in [0, 0.1) is 11.7 Å². The Balaban J connectivity index is 2.53. The van der Waals surface area contributed by atoms with Crippen LogP contribution in [-0.4, -0.2) is 6.61 Å². The monoisotopic (exact) mass is 214 g/mol. The SMILES string of the molecule is CC(C)CCOc1cc(F)ccc1S. The van der Waals surface area contributed by atoms with Gasteiger partial charge in [0.2, 0.25) is 0 Å². The molecule has 0 atom stereocenters. The zero-order valence-corrected chi connectivity index (χ0v) is 9.35. The summed E-state index contributed by atoms with van der Waals surface area (Å²) in [6.07, 6.45) is 0.962. The second-order valence-corrected chi connectivity index (χ2v) is 4.12. The lowest BCUT2D eigenvalue weighted by Crippen LogP contribution is -2.02. The molecule has 1 aromatic rings.